The maximum absolute atomic E-state index is 13.1. The first-order chi connectivity index (χ1) is 19.8. The summed E-state index contributed by atoms with van der Waals surface area (Å²) in [5.41, 5.74) is 6.46. The summed E-state index contributed by atoms with van der Waals surface area (Å²) < 4.78 is 6.82. The van der Waals surface area contributed by atoms with Crippen molar-refractivity contribution in [3.8, 4) is 16.9 Å². The number of methoxy groups -OCH3 is 1. The van der Waals surface area contributed by atoms with E-state index in [0.717, 1.165) is 79.3 Å². The van der Waals surface area contributed by atoms with E-state index in [1.165, 1.54) is 17.5 Å². The third-order valence-electron chi connectivity index (χ3n) is 9.15. The van der Waals surface area contributed by atoms with Crippen LogP contribution in [-0.4, -0.2) is 92.7 Å². The summed E-state index contributed by atoms with van der Waals surface area (Å²) in [6.45, 7) is 9.05. The van der Waals surface area contributed by atoms with Crippen molar-refractivity contribution < 1.29 is 14.0 Å². The van der Waals surface area contributed by atoms with Gasteiger partial charge in [0.15, 0.2) is 0 Å². The Balaban J connectivity index is 1.10. The van der Waals surface area contributed by atoms with Crippen LogP contribution in [0.15, 0.2) is 66.7 Å². The zero-order valence-corrected chi connectivity index (χ0v) is 24.7. The summed E-state index contributed by atoms with van der Waals surface area (Å²) in [5.74, 6) is 0.798. The van der Waals surface area contributed by atoms with Crippen molar-refractivity contribution >= 4 is 5.91 Å². The molecule has 3 saturated heterocycles. The largest absolute Gasteiger partial charge is 0.496 e. The third-order valence-corrected chi connectivity index (χ3v) is 9.15. The molecule has 3 aliphatic rings. The van der Waals surface area contributed by atoms with Crippen molar-refractivity contribution in [2.45, 2.75) is 38.1 Å². The van der Waals surface area contributed by atoms with E-state index in [-0.39, 0.29) is 5.91 Å². The van der Waals surface area contributed by atoms with Crippen molar-refractivity contribution in [2.24, 2.45) is 0 Å². The number of likely N-dealkylation sites (tertiary alicyclic amines) is 1. The molecule has 0 saturated carbocycles. The predicted molar refractivity (Wildman–Crippen MR) is 164 cm³/mol. The molecule has 6 rings (SSSR count). The van der Waals surface area contributed by atoms with Crippen LogP contribution < -0.4 is 15.4 Å². The second-order valence-corrected chi connectivity index (χ2v) is 12.7. The molecule has 3 aliphatic heterocycles. The molecule has 0 aliphatic carbocycles. The van der Waals surface area contributed by atoms with Gasteiger partial charge >= 0.3 is 0 Å². The molecular formula is C34H44N5O2+. The van der Waals surface area contributed by atoms with Gasteiger partial charge in [0.25, 0.3) is 5.91 Å². The normalized spacial score (nSPS) is 22.1. The van der Waals surface area contributed by atoms with Crippen LogP contribution in [0.4, 0.5) is 0 Å². The Morgan fingerprint density at radius 3 is 2.49 bits per heavy atom. The number of fused-ring (bicyclic) bond motifs is 2. The molecule has 3 fully saturated rings. The number of hydrogen-bond acceptors (Lipinski definition) is 5. The van der Waals surface area contributed by atoms with Gasteiger partial charge in [0.05, 0.1) is 34.3 Å². The van der Waals surface area contributed by atoms with E-state index in [0.29, 0.717) is 24.2 Å². The summed E-state index contributed by atoms with van der Waals surface area (Å²) in [4.78, 5) is 18.2. The highest BCUT2D eigenvalue weighted by Gasteiger charge is 2.37. The number of ether oxygens (including phenoxy) is 1. The topological polar surface area (TPSA) is 56.8 Å². The molecule has 3 aromatic carbocycles. The van der Waals surface area contributed by atoms with Gasteiger partial charge in [-0.05, 0) is 59.0 Å². The monoisotopic (exact) mass is 554 g/mol. The number of carbonyl (C=O) groups is 1. The van der Waals surface area contributed by atoms with Gasteiger partial charge in [-0.1, -0.05) is 36.4 Å². The summed E-state index contributed by atoms with van der Waals surface area (Å²) in [6, 6.07) is 24.4. The van der Waals surface area contributed by atoms with Crippen molar-refractivity contribution in [2.75, 3.05) is 60.5 Å². The molecule has 2 N–H and O–H groups in total. The number of hydrogen-bond donors (Lipinski definition) is 2. The first-order valence-corrected chi connectivity index (χ1v) is 15.0. The maximum Gasteiger partial charge on any atom is 0.251 e. The average molecular weight is 555 g/mol. The van der Waals surface area contributed by atoms with E-state index < -0.39 is 0 Å². The quantitative estimate of drug-likeness (QED) is 0.395. The molecule has 2 atom stereocenters. The highest BCUT2D eigenvalue weighted by Crippen LogP contribution is 2.33. The van der Waals surface area contributed by atoms with E-state index in [1.807, 2.05) is 30.3 Å². The molecule has 216 valence electrons. The summed E-state index contributed by atoms with van der Waals surface area (Å²) >= 11 is 0. The second kappa shape index (κ2) is 11.9. The van der Waals surface area contributed by atoms with E-state index in [1.54, 1.807) is 7.11 Å². The number of nitrogens with one attached hydrogen (secondary N) is 2. The summed E-state index contributed by atoms with van der Waals surface area (Å²) in [6.07, 6.45) is 1.27. The summed E-state index contributed by atoms with van der Waals surface area (Å²) in [7, 11) is 6.30. The van der Waals surface area contributed by atoms with Crippen LogP contribution in [0.25, 0.3) is 11.1 Å². The standard InChI is InChI=1S/C34H43N5O2/c1-39(2)14-12-37(13-15-39)22-26-6-5-9-29(17-26)34(40)36-20-25-10-11-33(41-3)32(18-25)28-8-4-7-27(16-28)23-38-24-30-19-31(38)21-35-30/h4-11,16-18,30-31,35H,12-15,19-24H2,1-3H3/p+1. The molecular weight excluding hydrogens is 510 g/mol. The van der Waals surface area contributed by atoms with E-state index in [9.17, 15) is 4.79 Å². The van der Waals surface area contributed by atoms with Gasteiger partial charge in [-0.25, -0.2) is 0 Å². The van der Waals surface area contributed by atoms with Gasteiger partial charge < -0.3 is 19.9 Å². The number of likely N-dealkylation sites (N-methyl/N-ethyl adjacent to an activating group) is 1. The number of nitrogens with zero attached hydrogens (tertiary/aromatic N) is 3. The number of rotatable bonds is 9. The molecule has 7 heteroatoms. The summed E-state index contributed by atoms with van der Waals surface area (Å²) in [5, 5.41) is 6.73. The van der Waals surface area contributed by atoms with Crippen molar-refractivity contribution in [3.05, 3.63) is 89.0 Å². The fourth-order valence-corrected chi connectivity index (χ4v) is 6.56. The minimum Gasteiger partial charge on any atom is -0.496 e. The van der Waals surface area contributed by atoms with Crippen LogP contribution in [0, 0.1) is 0 Å². The van der Waals surface area contributed by atoms with Crippen LogP contribution in [0.1, 0.15) is 33.5 Å². The van der Waals surface area contributed by atoms with Crippen LogP contribution in [0.3, 0.4) is 0 Å². The van der Waals surface area contributed by atoms with Gasteiger partial charge in [-0.3, -0.25) is 14.6 Å². The van der Waals surface area contributed by atoms with E-state index >= 15 is 0 Å². The lowest BCUT2D eigenvalue weighted by Gasteiger charge is -2.39. The molecule has 2 bridgehead atoms. The van der Waals surface area contributed by atoms with Crippen molar-refractivity contribution in [1.29, 1.82) is 0 Å². The van der Waals surface area contributed by atoms with Gasteiger partial charge in [0, 0.05) is 69.0 Å². The average Bonchev–Trinajstić information content (AvgIpc) is 3.61. The third kappa shape index (κ3) is 6.65. The van der Waals surface area contributed by atoms with Crippen LogP contribution in [0.5, 0.6) is 5.75 Å². The highest BCUT2D eigenvalue weighted by molar-refractivity contribution is 5.94. The molecule has 7 nitrogen and oxygen atoms in total. The molecule has 2 unspecified atom stereocenters. The Labute approximate surface area is 244 Å². The Bertz CT molecular complexity index is 1380. The predicted octanol–water partition coefficient (Wildman–Crippen LogP) is 3.73. The van der Waals surface area contributed by atoms with E-state index in [2.05, 4.69) is 70.9 Å². The number of piperazine rings is 2. The Hall–Kier alpha value is -3.23. The maximum atomic E-state index is 13.1. The lowest BCUT2D eigenvalue weighted by Crippen LogP contribution is -2.54. The molecule has 41 heavy (non-hydrogen) atoms. The van der Waals surface area contributed by atoms with E-state index in [4.69, 9.17) is 4.74 Å². The van der Waals surface area contributed by atoms with Crippen LogP contribution in [0.2, 0.25) is 0 Å². The fraction of sp³-hybridized carbons (Fsp3) is 0.441. The number of quaternary nitrogens is 1. The number of benzene rings is 3. The molecule has 1 amide bonds. The molecule has 3 aromatic rings. The van der Waals surface area contributed by atoms with Gasteiger partial charge in [-0.15, -0.1) is 0 Å². The Morgan fingerprint density at radius 2 is 1.76 bits per heavy atom. The smallest absolute Gasteiger partial charge is 0.251 e. The molecule has 0 spiro atoms. The molecule has 3 heterocycles. The van der Waals surface area contributed by atoms with Gasteiger partial charge in [0.2, 0.25) is 0 Å². The van der Waals surface area contributed by atoms with Crippen LogP contribution >= 0.6 is 0 Å². The SMILES string of the molecule is COc1ccc(CNC(=O)c2cccc(CN3CC[N+](C)(C)CC3)c2)cc1-c1cccc(CN2CC3CC2CN3)c1. The zero-order chi connectivity index (χ0) is 28.4. The zero-order valence-electron chi connectivity index (χ0n) is 24.7. The Kier molecular flexibility index (Phi) is 8.13. The van der Waals surface area contributed by atoms with Crippen LogP contribution in [-0.2, 0) is 19.6 Å². The van der Waals surface area contributed by atoms with Gasteiger partial charge in [-0.2, -0.15) is 0 Å². The number of carbonyl (C=O) groups excluding carboxylic acids is 1. The minimum atomic E-state index is -0.0444. The lowest BCUT2D eigenvalue weighted by atomic mass is 9.99. The van der Waals surface area contributed by atoms with Crippen molar-refractivity contribution in [3.63, 3.8) is 0 Å². The number of amides is 1. The Morgan fingerprint density at radius 1 is 0.976 bits per heavy atom. The first-order valence-electron chi connectivity index (χ1n) is 15.0. The first kappa shape index (κ1) is 27.9. The highest BCUT2D eigenvalue weighted by atomic mass is 16.5. The minimum absolute atomic E-state index is 0.0444. The lowest BCUT2D eigenvalue weighted by molar-refractivity contribution is -0.894. The fourth-order valence-electron chi connectivity index (χ4n) is 6.56. The second-order valence-electron chi connectivity index (χ2n) is 12.7. The van der Waals surface area contributed by atoms with Gasteiger partial charge in [0.1, 0.15) is 5.75 Å². The van der Waals surface area contributed by atoms with Crippen molar-refractivity contribution in [1.82, 2.24) is 20.4 Å². The molecule has 0 radical (unpaired) electrons. The molecule has 0 aromatic heterocycles.